The number of carbonyl (C=O) groups is 2. The Morgan fingerprint density at radius 2 is 1.63 bits per heavy atom. The predicted octanol–water partition coefficient (Wildman–Crippen LogP) is 3.64. The van der Waals surface area contributed by atoms with Crippen LogP contribution in [0, 0.1) is 0 Å². The molecule has 0 atom stereocenters. The minimum Gasteiger partial charge on any atom is -0.497 e. The van der Waals surface area contributed by atoms with Crippen molar-refractivity contribution in [3.05, 3.63) is 88.2 Å². The molecule has 0 saturated heterocycles. The molecular formula is C30H30N4O6S. The van der Waals surface area contributed by atoms with Crippen LogP contribution in [0.25, 0.3) is 10.9 Å². The van der Waals surface area contributed by atoms with Crippen LogP contribution in [-0.2, 0) is 29.2 Å². The molecule has 2 amide bonds. The van der Waals surface area contributed by atoms with Gasteiger partial charge in [0.25, 0.3) is 5.56 Å². The molecule has 1 aromatic heterocycles. The van der Waals surface area contributed by atoms with E-state index in [1.807, 2.05) is 54.6 Å². The van der Waals surface area contributed by atoms with E-state index in [1.165, 1.54) is 16.3 Å². The normalized spacial score (nSPS) is 11.8. The van der Waals surface area contributed by atoms with Crippen LogP contribution >= 0.6 is 11.8 Å². The van der Waals surface area contributed by atoms with E-state index in [2.05, 4.69) is 10.6 Å². The predicted molar refractivity (Wildman–Crippen MR) is 155 cm³/mol. The van der Waals surface area contributed by atoms with Gasteiger partial charge < -0.3 is 24.8 Å². The van der Waals surface area contributed by atoms with Crippen LogP contribution in [0.1, 0.15) is 24.0 Å². The summed E-state index contributed by atoms with van der Waals surface area (Å²) in [6.45, 7) is 1.15. The van der Waals surface area contributed by atoms with Gasteiger partial charge in [-0.3, -0.25) is 19.0 Å². The van der Waals surface area contributed by atoms with Gasteiger partial charge in [0.1, 0.15) is 5.75 Å². The summed E-state index contributed by atoms with van der Waals surface area (Å²) in [7, 11) is 1.60. The third-order valence-electron chi connectivity index (χ3n) is 6.51. The molecule has 0 saturated carbocycles. The number of carbonyl (C=O) groups excluding carboxylic acids is 2. The third kappa shape index (κ3) is 7.17. The van der Waals surface area contributed by atoms with Crippen LogP contribution in [0.15, 0.2) is 76.7 Å². The summed E-state index contributed by atoms with van der Waals surface area (Å²) < 4.78 is 17.6. The average molecular weight is 575 g/mol. The first-order valence-electron chi connectivity index (χ1n) is 13.2. The minimum atomic E-state index is -0.265. The van der Waals surface area contributed by atoms with E-state index in [4.69, 9.17) is 19.2 Å². The molecule has 1 aliphatic heterocycles. The van der Waals surface area contributed by atoms with Crippen molar-refractivity contribution in [1.29, 1.82) is 0 Å². The molecule has 212 valence electrons. The second kappa shape index (κ2) is 13.2. The Hall–Kier alpha value is -4.51. The van der Waals surface area contributed by atoms with E-state index in [9.17, 15) is 14.4 Å². The first kappa shape index (κ1) is 28.0. The maximum absolute atomic E-state index is 13.5. The maximum Gasteiger partial charge on any atom is 0.262 e. The highest BCUT2D eigenvalue weighted by molar-refractivity contribution is 7.99. The average Bonchev–Trinajstić information content (AvgIpc) is 3.46. The molecule has 0 unspecified atom stereocenters. The molecule has 5 rings (SSSR count). The van der Waals surface area contributed by atoms with Gasteiger partial charge in [0.2, 0.25) is 18.6 Å². The number of rotatable bonds is 12. The molecule has 41 heavy (non-hydrogen) atoms. The number of nitrogens with zero attached hydrogens (tertiary/aromatic N) is 2. The molecule has 0 fully saturated rings. The summed E-state index contributed by atoms with van der Waals surface area (Å²) in [6, 6.07) is 20.4. The summed E-state index contributed by atoms with van der Waals surface area (Å²) in [6.07, 6.45) is 0.642. The number of nitrogens with one attached hydrogen (secondary N) is 2. The number of benzene rings is 3. The van der Waals surface area contributed by atoms with Gasteiger partial charge in [-0.25, -0.2) is 4.98 Å². The largest absolute Gasteiger partial charge is 0.497 e. The lowest BCUT2D eigenvalue weighted by Crippen LogP contribution is -2.27. The molecule has 0 spiro atoms. The molecule has 0 bridgehead atoms. The molecule has 2 heterocycles. The van der Waals surface area contributed by atoms with Crippen LogP contribution in [0.5, 0.6) is 17.2 Å². The molecule has 2 N–H and O–H groups in total. The van der Waals surface area contributed by atoms with Crippen molar-refractivity contribution >= 4 is 34.5 Å². The Morgan fingerprint density at radius 1 is 0.951 bits per heavy atom. The van der Waals surface area contributed by atoms with Gasteiger partial charge in [0.15, 0.2) is 16.7 Å². The van der Waals surface area contributed by atoms with Gasteiger partial charge in [-0.2, -0.15) is 0 Å². The second-order valence-electron chi connectivity index (χ2n) is 9.35. The maximum atomic E-state index is 13.5. The zero-order valence-electron chi connectivity index (χ0n) is 22.6. The van der Waals surface area contributed by atoms with Crippen molar-refractivity contribution in [1.82, 2.24) is 20.2 Å². The summed E-state index contributed by atoms with van der Waals surface area (Å²) in [4.78, 5) is 43.3. The fourth-order valence-corrected chi connectivity index (χ4v) is 5.16. The lowest BCUT2D eigenvalue weighted by molar-refractivity contribution is -0.121. The SMILES string of the molecule is COc1ccc(CNC(=O)CCCn2c(SCC(=O)NCc3ccccc3)nc3cc4c(cc3c2=O)OCO4)cc1. The van der Waals surface area contributed by atoms with Gasteiger partial charge >= 0.3 is 0 Å². The van der Waals surface area contributed by atoms with E-state index in [-0.39, 0.29) is 42.9 Å². The Labute approximate surface area is 241 Å². The fraction of sp³-hybridized carbons (Fsp3) is 0.267. The smallest absolute Gasteiger partial charge is 0.262 e. The quantitative estimate of drug-likeness (QED) is 0.194. The van der Waals surface area contributed by atoms with E-state index < -0.39 is 0 Å². The van der Waals surface area contributed by atoms with Crippen molar-refractivity contribution in [2.45, 2.75) is 37.6 Å². The van der Waals surface area contributed by atoms with E-state index in [0.717, 1.165) is 16.9 Å². The Bertz CT molecular complexity index is 1590. The van der Waals surface area contributed by atoms with Crippen LogP contribution < -0.4 is 30.4 Å². The lowest BCUT2D eigenvalue weighted by Gasteiger charge is -2.14. The molecule has 11 heteroatoms. The highest BCUT2D eigenvalue weighted by Gasteiger charge is 2.20. The van der Waals surface area contributed by atoms with E-state index in [0.29, 0.717) is 47.1 Å². The molecule has 4 aromatic rings. The van der Waals surface area contributed by atoms with Gasteiger partial charge in [-0.05, 0) is 35.7 Å². The number of methoxy groups -OCH3 is 1. The van der Waals surface area contributed by atoms with Crippen LogP contribution in [-0.4, -0.2) is 41.0 Å². The molecule has 0 aliphatic carbocycles. The van der Waals surface area contributed by atoms with Gasteiger partial charge in [-0.15, -0.1) is 0 Å². The van der Waals surface area contributed by atoms with Crippen molar-refractivity contribution in [2.75, 3.05) is 19.7 Å². The van der Waals surface area contributed by atoms with Gasteiger partial charge in [-0.1, -0.05) is 54.2 Å². The first-order chi connectivity index (χ1) is 20.0. The monoisotopic (exact) mass is 574 g/mol. The lowest BCUT2D eigenvalue weighted by atomic mass is 10.2. The van der Waals surface area contributed by atoms with Crippen molar-refractivity contribution < 1.29 is 23.8 Å². The topological polar surface area (TPSA) is 121 Å². The molecular weight excluding hydrogens is 544 g/mol. The zero-order chi connectivity index (χ0) is 28.6. The summed E-state index contributed by atoms with van der Waals surface area (Å²) >= 11 is 1.18. The second-order valence-corrected chi connectivity index (χ2v) is 10.3. The van der Waals surface area contributed by atoms with Crippen LogP contribution in [0.3, 0.4) is 0 Å². The van der Waals surface area contributed by atoms with Crippen LogP contribution in [0.2, 0.25) is 0 Å². The number of hydrogen-bond acceptors (Lipinski definition) is 8. The number of ether oxygens (including phenoxy) is 3. The number of aromatic nitrogens is 2. The molecule has 1 aliphatic rings. The van der Waals surface area contributed by atoms with Crippen LogP contribution in [0.4, 0.5) is 0 Å². The van der Waals surface area contributed by atoms with E-state index >= 15 is 0 Å². The van der Waals surface area contributed by atoms with Crippen molar-refractivity contribution in [3.63, 3.8) is 0 Å². The van der Waals surface area contributed by atoms with Gasteiger partial charge in [0.05, 0.1) is 23.8 Å². The Morgan fingerprint density at radius 3 is 2.37 bits per heavy atom. The first-order valence-corrected chi connectivity index (χ1v) is 14.2. The Balaban J connectivity index is 1.25. The Kier molecular flexibility index (Phi) is 9.05. The highest BCUT2D eigenvalue weighted by Crippen LogP contribution is 2.35. The molecule has 0 radical (unpaired) electrons. The van der Waals surface area contributed by atoms with Crippen molar-refractivity contribution in [3.8, 4) is 17.2 Å². The minimum absolute atomic E-state index is 0.0781. The zero-order valence-corrected chi connectivity index (χ0v) is 23.4. The number of thioether (sulfide) groups is 1. The third-order valence-corrected chi connectivity index (χ3v) is 7.49. The number of amides is 2. The molecule has 3 aromatic carbocycles. The summed E-state index contributed by atoms with van der Waals surface area (Å²) in [5.74, 6) is 1.54. The summed E-state index contributed by atoms with van der Waals surface area (Å²) in [5.41, 5.74) is 2.14. The number of hydrogen-bond donors (Lipinski definition) is 2. The fourth-order valence-electron chi connectivity index (χ4n) is 4.31. The summed E-state index contributed by atoms with van der Waals surface area (Å²) in [5, 5.41) is 6.58. The van der Waals surface area contributed by atoms with Crippen molar-refractivity contribution in [2.24, 2.45) is 0 Å². The van der Waals surface area contributed by atoms with Gasteiger partial charge in [0, 0.05) is 32.1 Å². The number of fused-ring (bicyclic) bond motifs is 2. The van der Waals surface area contributed by atoms with E-state index in [1.54, 1.807) is 19.2 Å². The highest BCUT2D eigenvalue weighted by atomic mass is 32.2. The molecule has 10 nitrogen and oxygen atoms in total. The standard InChI is InChI=1S/C30H30N4O6S/c1-38-22-11-9-21(10-12-22)17-31-27(35)8-5-13-34-29(37)23-14-25-26(40-19-39-25)15-24(23)33-30(34)41-18-28(36)32-16-20-6-3-2-4-7-20/h2-4,6-7,9-12,14-15H,5,8,13,16-19H2,1H3,(H,31,35)(H,32,36).